The number of hydrogen-bond donors (Lipinski definition) is 1. The lowest BCUT2D eigenvalue weighted by Crippen LogP contribution is -2.40. The minimum Gasteiger partial charge on any atom is -0.478 e. The lowest BCUT2D eigenvalue weighted by Gasteiger charge is -2.32. The zero-order chi connectivity index (χ0) is 18.3. The summed E-state index contributed by atoms with van der Waals surface area (Å²) in [6.07, 6.45) is 6.63. The van der Waals surface area contributed by atoms with Crippen LogP contribution in [0.3, 0.4) is 0 Å². The second-order valence-electron chi connectivity index (χ2n) is 7.40. The molecule has 2 aliphatic rings. The Morgan fingerprint density at radius 3 is 2.73 bits per heavy atom. The first-order valence-electron chi connectivity index (χ1n) is 9.11. The van der Waals surface area contributed by atoms with Gasteiger partial charge in [-0.2, -0.15) is 5.10 Å². The lowest BCUT2D eigenvalue weighted by atomic mass is 9.91. The highest BCUT2D eigenvalue weighted by Crippen LogP contribution is 2.48. The number of likely N-dealkylation sites (tertiary alicyclic amines) is 1. The predicted molar refractivity (Wildman–Crippen MR) is 92.7 cm³/mol. The average molecular weight is 357 g/mol. The predicted octanol–water partition coefficient (Wildman–Crippen LogP) is 2.30. The number of carboxylic acid groups (broad SMARTS) is 1. The third-order valence-electron chi connectivity index (χ3n) is 5.60. The second kappa shape index (κ2) is 6.63. The Kier molecular flexibility index (Phi) is 4.30. The van der Waals surface area contributed by atoms with Gasteiger partial charge in [0.25, 0.3) is 0 Å². The molecule has 2 fully saturated rings. The number of aromatic nitrogens is 2. The smallest absolute Gasteiger partial charge is 0.339 e. The number of furan rings is 1. The van der Waals surface area contributed by atoms with E-state index in [2.05, 4.69) is 5.10 Å². The third kappa shape index (κ3) is 3.25. The van der Waals surface area contributed by atoms with Crippen molar-refractivity contribution in [1.29, 1.82) is 0 Å². The van der Waals surface area contributed by atoms with Gasteiger partial charge in [-0.15, -0.1) is 0 Å². The van der Waals surface area contributed by atoms with Gasteiger partial charge in [0.1, 0.15) is 11.3 Å². The molecule has 1 saturated carbocycles. The Morgan fingerprint density at radius 2 is 2.08 bits per heavy atom. The maximum absolute atomic E-state index is 12.7. The van der Waals surface area contributed by atoms with Crippen LogP contribution in [-0.4, -0.2) is 44.8 Å². The lowest BCUT2D eigenvalue weighted by molar-refractivity contribution is -0.134. The van der Waals surface area contributed by atoms with Gasteiger partial charge >= 0.3 is 5.97 Å². The summed E-state index contributed by atoms with van der Waals surface area (Å²) in [4.78, 5) is 25.9. The van der Waals surface area contributed by atoms with E-state index < -0.39 is 5.97 Å². The van der Waals surface area contributed by atoms with Crippen LogP contribution in [0.15, 0.2) is 29.0 Å². The van der Waals surface area contributed by atoms with E-state index in [4.69, 9.17) is 9.52 Å². The number of rotatable bonds is 5. The molecule has 1 aliphatic carbocycles. The van der Waals surface area contributed by atoms with E-state index >= 15 is 0 Å². The van der Waals surface area contributed by atoms with E-state index in [9.17, 15) is 9.59 Å². The van der Waals surface area contributed by atoms with Crippen molar-refractivity contribution in [3.8, 4) is 0 Å². The Balaban J connectivity index is 1.29. The van der Waals surface area contributed by atoms with Crippen LogP contribution in [0.5, 0.6) is 0 Å². The summed E-state index contributed by atoms with van der Waals surface area (Å²) < 4.78 is 7.12. The third-order valence-corrected chi connectivity index (χ3v) is 5.60. The van der Waals surface area contributed by atoms with Crippen molar-refractivity contribution in [2.24, 2.45) is 18.9 Å². The SMILES string of the molecule is Cn1ccc([C@@H]2C[C@H]2C(=O)N2CCC(Cc3occc3C(=O)O)CC2)n1. The number of aryl methyl sites for hydroxylation is 1. The van der Waals surface area contributed by atoms with Gasteiger partial charge in [-0.05, 0) is 37.3 Å². The van der Waals surface area contributed by atoms with Crippen molar-refractivity contribution in [2.45, 2.75) is 31.6 Å². The summed E-state index contributed by atoms with van der Waals surface area (Å²) >= 11 is 0. The van der Waals surface area contributed by atoms with Crippen molar-refractivity contribution in [2.75, 3.05) is 13.1 Å². The quantitative estimate of drug-likeness (QED) is 0.887. The van der Waals surface area contributed by atoms with E-state index in [1.807, 2.05) is 24.2 Å². The van der Waals surface area contributed by atoms with Crippen LogP contribution in [0, 0.1) is 11.8 Å². The van der Waals surface area contributed by atoms with E-state index in [1.54, 1.807) is 4.68 Å². The molecule has 0 radical (unpaired) electrons. The Morgan fingerprint density at radius 1 is 1.31 bits per heavy atom. The standard InChI is InChI=1S/C19H23N3O4/c1-21-6-4-16(20-21)14-11-15(14)18(23)22-7-2-12(3-8-22)10-17-13(19(24)25)5-9-26-17/h4-6,9,12,14-15H,2-3,7-8,10-11H2,1H3,(H,24,25)/t14-,15-/m1/s1. The normalized spacial score (nSPS) is 23.2. The molecular weight excluding hydrogens is 334 g/mol. The van der Waals surface area contributed by atoms with Crippen LogP contribution in [0.2, 0.25) is 0 Å². The van der Waals surface area contributed by atoms with Crippen molar-refractivity contribution >= 4 is 11.9 Å². The number of carboxylic acids is 1. The molecule has 0 spiro atoms. The highest BCUT2D eigenvalue weighted by molar-refractivity contribution is 5.88. The van der Waals surface area contributed by atoms with Gasteiger partial charge < -0.3 is 14.4 Å². The largest absolute Gasteiger partial charge is 0.478 e. The molecule has 1 N–H and O–H groups in total. The first-order chi connectivity index (χ1) is 12.5. The molecule has 138 valence electrons. The zero-order valence-electron chi connectivity index (χ0n) is 14.8. The Hall–Kier alpha value is -2.57. The van der Waals surface area contributed by atoms with Gasteiger partial charge in [0, 0.05) is 44.6 Å². The number of amides is 1. The van der Waals surface area contributed by atoms with Crippen LogP contribution in [0.1, 0.15) is 47.0 Å². The first kappa shape index (κ1) is 16.9. The maximum atomic E-state index is 12.7. The summed E-state index contributed by atoms with van der Waals surface area (Å²) in [6, 6.07) is 3.49. The van der Waals surface area contributed by atoms with Gasteiger partial charge in [0.2, 0.25) is 5.91 Å². The number of carbonyl (C=O) groups is 2. The fourth-order valence-electron chi connectivity index (χ4n) is 3.97. The molecular formula is C19H23N3O4. The second-order valence-corrected chi connectivity index (χ2v) is 7.40. The molecule has 7 heteroatoms. The van der Waals surface area contributed by atoms with Crippen LogP contribution < -0.4 is 0 Å². The topological polar surface area (TPSA) is 88.6 Å². The molecule has 7 nitrogen and oxygen atoms in total. The summed E-state index contributed by atoms with van der Waals surface area (Å²) in [7, 11) is 1.89. The minimum absolute atomic E-state index is 0.0742. The monoisotopic (exact) mass is 357 g/mol. The number of nitrogens with zero attached hydrogens (tertiary/aromatic N) is 3. The fraction of sp³-hybridized carbons (Fsp3) is 0.526. The molecule has 0 aromatic carbocycles. The molecule has 4 rings (SSSR count). The van der Waals surface area contributed by atoms with E-state index in [-0.39, 0.29) is 23.3 Å². The van der Waals surface area contributed by atoms with Gasteiger partial charge in [0.15, 0.2) is 0 Å². The summed E-state index contributed by atoms with van der Waals surface area (Å²) in [5.41, 5.74) is 1.26. The van der Waals surface area contributed by atoms with Crippen molar-refractivity contribution in [3.63, 3.8) is 0 Å². The molecule has 1 aliphatic heterocycles. The van der Waals surface area contributed by atoms with Crippen molar-refractivity contribution in [3.05, 3.63) is 41.6 Å². The van der Waals surface area contributed by atoms with Crippen molar-refractivity contribution in [1.82, 2.24) is 14.7 Å². The van der Waals surface area contributed by atoms with Crippen LogP contribution in [0.4, 0.5) is 0 Å². The number of aromatic carboxylic acids is 1. The van der Waals surface area contributed by atoms with E-state index in [1.165, 1.54) is 12.3 Å². The number of hydrogen-bond acceptors (Lipinski definition) is 4. The minimum atomic E-state index is -0.948. The average Bonchev–Trinajstić information content (AvgIpc) is 3.07. The van der Waals surface area contributed by atoms with E-state index in [0.29, 0.717) is 18.1 Å². The molecule has 2 aromatic heterocycles. The molecule has 0 bridgehead atoms. The van der Waals surface area contributed by atoms with Crippen LogP contribution >= 0.6 is 0 Å². The molecule has 0 unspecified atom stereocenters. The number of piperidine rings is 1. The van der Waals surface area contributed by atoms with Gasteiger partial charge in [-0.3, -0.25) is 9.48 Å². The summed E-state index contributed by atoms with van der Waals surface area (Å²) in [5.74, 6) is 0.528. The summed E-state index contributed by atoms with van der Waals surface area (Å²) in [6.45, 7) is 1.47. The zero-order valence-corrected chi connectivity index (χ0v) is 14.8. The van der Waals surface area contributed by atoms with Crippen LogP contribution in [-0.2, 0) is 18.3 Å². The van der Waals surface area contributed by atoms with E-state index in [0.717, 1.165) is 38.0 Å². The summed E-state index contributed by atoms with van der Waals surface area (Å²) in [5, 5.41) is 13.6. The molecule has 26 heavy (non-hydrogen) atoms. The molecule has 3 heterocycles. The molecule has 1 saturated heterocycles. The maximum Gasteiger partial charge on any atom is 0.339 e. The number of carbonyl (C=O) groups excluding carboxylic acids is 1. The highest BCUT2D eigenvalue weighted by atomic mass is 16.4. The van der Waals surface area contributed by atoms with Gasteiger partial charge in [0.05, 0.1) is 12.0 Å². The molecule has 1 amide bonds. The Bertz CT molecular complexity index is 816. The first-order valence-corrected chi connectivity index (χ1v) is 9.11. The molecule has 2 atom stereocenters. The van der Waals surface area contributed by atoms with Crippen LogP contribution in [0.25, 0.3) is 0 Å². The molecule has 2 aromatic rings. The van der Waals surface area contributed by atoms with Crippen molar-refractivity contribution < 1.29 is 19.1 Å². The van der Waals surface area contributed by atoms with Gasteiger partial charge in [-0.25, -0.2) is 4.79 Å². The Labute approximate surface area is 151 Å². The van der Waals surface area contributed by atoms with Gasteiger partial charge in [-0.1, -0.05) is 0 Å². The highest BCUT2D eigenvalue weighted by Gasteiger charge is 2.47. The fourth-order valence-corrected chi connectivity index (χ4v) is 3.97.